The number of benzene rings is 1. The lowest BCUT2D eigenvalue weighted by atomic mass is 9.84. The van der Waals surface area contributed by atoms with E-state index < -0.39 is 0 Å². The number of hydrogen-bond acceptors (Lipinski definition) is 5. The number of carbonyl (C=O) groups excluding carboxylic acids is 3. The number of carbonyl (C=O) groups is 3. The van der Waals surface area contributed by atoms with Gasteiger partial charge >= 0.3 is 0 Å². The lowest BCUT2D eigenvalue weighted by Gasteiger charge is -2.44. The van der Waals surface area contributed by atoms with E-state index in [2.05, 4.69) is 20.6 Å². The number of nitrogens with one attached hydrogen (secondary N) is 2. The Bertz CT molecular complexity index is 1080. The van der Waals surface area contributed by atoms with Gasteiger partial charge in [-0.05, 0) is 75.7 Å². The fraction of sp³-hybridized carbons (Fsp3) is 0.565. The van der Waals surface area contributed by atoms with Gasteiger partial charge in [-0.25, -0.2) is 0 Å². The van der Waals surface area contributed by atoms with Crippen LogP contribution in [0.3, 0.4) is 0 Å². The van der Waals surface area contributed by atoms with E-state index in [1.807, 2.05) is 0 Å². The number of piperidine rings is 3. The van der Waals surface area contributed by atoms with Crippen LogP contribution in [0, 0.1) is 17.8 Å². The largest absolute Gasteiger partial charge is 0.346 e. The third-order valence-corrected chi connectivity index (χ3v) is 7.22. The maximum Gasteiger partial charge on any atom is 0.272 e. The average Bonchev–Trinajstić information content (AvgIpc) is 3.69. The van der Waals surface area contributed by atoms with Crippen molar-refractivity contribution in [1.82, 2.24) is 20.0 Å². The Morgan fingerprint density at radius 1 is 0.968 bits per heavy atom. The fourth-order valence-corrected chi connectivity index (χ4v) is 4.99. The first-order valence-electron chi connectivity index (χ1n) is 11.5. The molecule has 1 aromatic carbocycles. The molecule has 5 fully saturated rings. The molecule has 3 saturated heterocycles. The quantitative estimate of drug-likeness (QED) is 0.772. The average molecular weight is 422 g/mol. The number of nitrogens with zero attached hydrogens (tertiary/aromatic N) is 3. The van der Waals surface area contributed by atoms with Crippen LogP contribution in [0.5, 0.6) is 0 Å². The molecular weight excluding hydrogens is 394 g/mol. The van der Waals surface area contributed by atoms with Crippen LogP contribution in [0.15, 0.2) is 18.2 Å². The van der Waals surface area contributed by atoms with Gasteiger partial charge in [0.2, 0.25) is 5.91 Å². The summed E-state index contributed by atoms with van der Waals surface area (Å²) in [6.45, 7) is 3.09. The molecule has 2 aromatic rings. The third kappa shape index (κ3) is 3.52. The molecule has 162 valence electrons. The Labute approximate surface area is 180 Å². The first-order chi connectivity index (χ1) is 15.1. The summed E-state index contributed by atoms with van der Waals surface area (Å²) in [5, 5.41) is 11.2. The summed E-state index contributed by atoms with van der Waals surface area (Å²) in [6, 6.07) is 5.48. The van der Waals surface area contributed by atoms with E-state index in [9.17, 15) is 14.4 Å². The second kappa shape index (κ2) is 7.15. The van der Waals surface area contributed by atoms with E-state index in [1.54, 1.807) is 18.2 Å². The van der Waals surface area contributed by atoms with Gasteiger partial charge in [0.1, 0.15) is 0 Å². The summed E-state index contributed by atoms with van der Waals surface area (Å²) in [5.74, 6) is 0.311. The van der Waals surface area contributed by atoms with Crippen LogP contribution in [0.4, 0.5) is 5.69 Å². The molecule has 2 bridgehead atoms. The zero-order valence-corrected chi connectivity index (χ0v) is 17.5. The highest BCUT2D eigenvalue weighted by molar-refractivity contribution is 6.09. The Hall–Kier alpha value is -2.74. The van der Waals surface area contributed by atoms with Crippen LogP contribution in [-0.2, 0) is 4.79 Å². The maximum atomic E-state index is 13.3. The first-order valence-corrected chi connectivity index (χ1v) is 11.5. The summed E-state index contributed by atoms with van der Waals surface area (Å²) in [5.41, 5.74) is 1.53. The summed E-state index contributed by atoms with van der Waals surface area (Å²) in [4.78, 5) is 40.7. The van der Waals surface area contributed by atoms with Crippen molar-refractivity contribution < 1.29 is 14.4 Å². The number of aromatic nitrogens is 2. The fourth-order valence-electron chi connectivity index (χ4n) is 4.99. The van der Waals surface area contributed by atoms with Crippen molar-refractivity contribution in [3.8, 4) is 0 Å². The van der Waals surface area contributed by atoms with Gasteiger partial charge in [-0.2, -0.15) is 9.78 Å². The van der Waals surface area contributed by atoms with Gasteiger partial charge < -0.3 is 15.5 Å². The van der Waals surface area contributed by atoms with Gasteiger partial charge in [-0.1, -0.05) is 0 Å². The summed E-state index contributed by atoms with van der Waals surface area (Å²) < 4.78 is 1.39. The van der Waals surface area contributed by atoms with Crippen LogP contribution < -0.4 is 10.6 Å². The molecule has 1 aromatic heterocycles. The Balaban J connectivity index is 1.33. The maximum absolute atomic E-state index is 13.3. The molecular formula is C23H27N5O3. The van der Waals surface area contributed by atoms with Gasteiger partial charge in [0.15, 0.2) is 5.69 Å². The van der Waals surface area contributed by atoms with Crippen molar-refractivity contribution in [2.24, 2.45) is 17.8 Å². The van der Waals surface area contributed by atoms with Crippen LogP contribution in [-0.4, -0.2) is 58.1 Å². The van der Waals surface area contributed by atoms with Gasteiger partial charge in [0.25, 0.3) is 11.8 Å². The van der Waals surface area contributed by atoms with Crippen molar-refractivity contribution in [2.75, 3.05) is 25.0 Å². The molecule has 2 N–H and O–H groups in total. The molecule has 2 amide bonds. The van der Waals surface area contributed by atoms with Gasteiger partial charge in [-0.15, -0.1) is 0 Å². The normalized spacial score (nSPS) is 27.3. The highest BCUT2D eigenvalue weighted by Gasteiger charge is 2.37. The van der Waals surface area contributed by atoms with Crippen LogP contribution >= 0.6 is 0 Å². The first kappa shape index (κ1) is 19.0. The smallest absolute Gasteiger partial charge is 0.272 e. The van der Waals surface area contributed by atoms with E-state index in [1.165, 1.54) is 4.68 Å². The van der Waals surface area contributed by atoms with E-state index >= 15 is 0 Å². The minimum Gasteiger partial charge on any atom is -0.346 e. The Morgan fingerprint density at radius 3 is 2.35 bits per heavy atom. The minimum absolute atomic E-state index is 0.00450. The highest BCUT2D eigenvalue weighted by atomic mass is 16.2. The number of fused-ring (bicyclic) bond motifs is 4. The van der Waals surface area contributed by atoms with Gasteiger partial charge in [-0.3, -0.25) is 14.4 Å². The standard InChI is InChI=1S/C23H27N5O3/c29-21(14-1-2-14)24-16-5-6-19-17(11-16)20(26-28(19)23(31)15-3-4-15)22(30)25-18-12-27-9-7-13(18)8-10-27/h5-6,11,13-15,18H,1-4,7-10,12H2,(H,24,29)(H,25,30). The minimum atomic E-state index is -0.239. The zero-order chi connectivity index (χ0) is 21.1. The number of rotatable bonds is 5. The van der Waals surface area contributed by atoms with E-state index in [0.29, 0.717) is 22.5 Å². The molecule has 1 unspecified atom stereocenters. The molecule has 1 atom stereocenters. The molecule has 2 saturated carbocycles. The Kier molecular flexibility index (Phi) is 4.38. The monoisotopic (exact) mass is 421 g/mol. The molecule has 2 aliphatic carbocycles. The Morgan fingerprint density at radius 2 is 1.71 bits per heavy atom. The summed E-state index contributed by atoms with van der Waals surface area (Å²) in [7, 11) is 0. The molecule has 0 spiro atoms. The third-order valence-electron chi connectivity index (χ3n) is 7.22. The number of amides is 2. The molecule has 3 aliphatic heterocycles. The van der Waals surface area contributed by atoms with Crippen molar-refractivity contribution in [3.05, 3.63) is 23.9 Å². The molecule has 0 radical (unpaired) electrons. The molecule has 7 rings (SSSR count). The van der Waals surface area contributed by atoms with E-state index in [4.69, 9.17) is 0 Å². The number of anilines is 1. The molecule has 8 nitrogen and oxygen atoms in total. The molecule has 8 heteroatoms. The molecule has 4 heterocycles. The topological polar surface area (TPSA) is 96.3 Å². The van der Waals surface area contributed by atoms with E-state index in [-0.39, 0.29) is 41.3 Å². The summed E-state index contributed by atoms with van der Waals surface area (Å²) >= 11 is 0. The predicted molar refractivity (Wildman–Crippen MR) is 115 cm³/mol. The van der Waals surface area contributed by atoms with Crippen molar-refractivity contribution >= 4 is 34.3 Å². The SMILES string of the molecule is O=C(NC1CN2CCC1CC2)c1nn(C(=O)C2CC2)c2ccc(NC(=O)C3CC3)cc12. The lowest BCUT2D eigenvalue weighted by molar-refractivity contribution is -0.117. The van der Waals surface area contributed by atoms with E-state index in [0.717, 1.165) is 58.2 Å². The van der Waals surface area contributed by atoms with Crippen LogP contribution in [0.25, 0.3) is 10.9 Å². The summed E-state index contributed by atoms with van der Waals surface area (Å²) in [6.07, 6.45) is 5.81. The highest BCUT2D eigenvalue weighted by Crippen LogP contribution is 2.34. The van der Waals surface area contributed by atoms with Crippen LogP contribution in [0.1, 0.15) is 53.8 Å². The van der Waals surface area contributed by atoms with Gasteiger partial charge in [0, 0.05) is 35.5 Å². The van der Waals surface area contributed by atoms with Gasteiger partial charge in [0.05, 0.1) is 5.52 Å². The lowest BCUT2D eigenvalue weighted by Crippen LogP contribution is -2.57. The van der Waals surface area contributed by atoms with Crippen molar-refractivity contribution in [3.63, 3.8) is 0 Å². The molecule has 5 aliphatic rings. The van der Waals surface area contributed by atoms with Crippen molar-refractivity contribution in [1.29, 1.82) is 0 Å². The number of hydrogen-bond donors (Lipinski definition) is 2. The second-order valence-corrected chi connectivity index (χ2v) is 9.59. The predicted octanol–water partition coefficient (Wildman–Crippen LogP) is 2.26. The zero-order valence-electron chi connectivity index (χ0n) is 17.5. The molecule has 31 heavy (non-hydrogen) atoms. The van der Waals surface area contributed by atoms with Crippen molar-refractivity contribution in [2.45, 2.75) is 44.6 Å². The second-order valence-electron chi connectivity index (χ2n) is 9.59. The van der Waals surface area contributed by atoms with Crippen LogP contribution in [0.2, 0.25) is 0 Å².